The van der Waals surface area contributed by atoms with Gasteiger partial charge in [0.15, 0.2) is 5.76 Å². The van der Waals surface area contributed by atoms with E-state index in [4.69, 9.17) is 13.9 Å². The van der Waals surface area contributed by atoms with E-state index in [9.17, 15) is 18.0 Å². The molecule has 0 spiro atoms. The maximum absolute atomic E-state index is 12.6. The Kier molecular flexibility index (Phi) is 5.11. The van der Waals surface area contributed by atoms with Crippen LogP contribution < -0.4 is 5.32 Å². The number of nitrogens with zero attached hydrogens (tertiary/aromatic N) is 1. The third-order valence-corrected chi connectivity index (χ3v) is 6.41. The third kappa shape index (κ3) is 3.76. The SMILES string of the molecule is Cc1oc(CNC(=O)c2cc(S(=O)(=O)N3CCCC3)c(C)o2)cc1C(=O)O. The fourth-order valence-corrected chi connectivity index (χ4v) is 4.68. The summed E-state index contributed by atoms with van der Waals surface area (Å²) >= 11 is 0. The first-order valence-electron chi connectivity index (χ1n) is 8.41. The number of furan rings is 2. The second-order valence-corrected chi connectivity index (χ2v) is 8.22. The Balaban J connectivity index is 1.73. The number of carboxylic acids is 1. The normalized spacial score (nSPS) is 15.2. The molecule has 0 atom stereocenters. The number of aryl methyl sites for hydroxylation is 2. The molecule has 1 aliphatic heterocycles. The molecule has 2 aromatic heterocycles. The van der Waals surface area contributed by atoms with Crippen LogP contribution in [-0.2, 0) is 16.6 Å². The van der Waals surface area contributed by atoms with E-state index in [1.165, 1.54) is 30.3 Å². The fourth-order valence-electron chi connectivity index (χ4n) is 3.00. The minimum Gasteiger partial charge on any atom is -0.478 e. The molecule has 2 aromatic rings. The quantitative estimate of drug-likeness (QED) is 0.762. The van der Waals surface area contributed by atoms with Gasteiger partial charge in [0.05, 0.1) is 6.54 Å². The van der Waals surface area contributed by atoms with Gasteiger partial charge in [-0.1, -0.05) is 0 Å². The Morgan fingerprint density at radius 1 is 1.15 bits per heavy atom. The molecule has 1 saturated heterocycles. The number of hydrogen-bond donors (Lipinski definition) is 2. The average Bonchev–Trinajstić information content (AvgIpc) is 3.32. The summed E-state index contributed by atoms with van der Waals surface area (Å²) in [6.07, 6.45) is 1.62. The van der Waals surface area contributed by atoms with Crippen molar-refractivity contribution < 1.29 is 31.9 Å². The molecule has 9 nitrogen and oxygen atoms in total. The predicted molar refractivity (Wildman–Crippen MR) is 93.0 cm³/mol. The highest BCUT2D eigenvalue weighted by molar-refractivity contribution is 7.89. The molecule has 0 saturated carbocycles. The summed E-state index contributed by atoms with van der Waals surface area (Å²) in [5, 5.41) is 11.5. The van der Waals surface area contributed by atoms with E-state index in [1.807, 2.05) is 0 Å². The number of hydrogen-bond acceptors (Lipinski definition) is 6. The van der Waals surface area contributed by atoms with E-state index in [0.29, 0.717) is 13.1 Å². The van der Waals surface area contributed by atoms with Crippen molar-refractivity contribution in [2.75, 3.05) is 13.1 Å². The lowest BCUT2D eigenvalue weighted by Gasteiger charge is -2.14. The van der Waals surface area contributed by atoms with Crippen molar-refractivity contribution in [3.8, 4) is 0 Å². The number of sulfonamides is 1. The first-order chi connectivity index (χ1) is 12.7. The van der Waals surface area contributed by atoms with E-state index >= 15 is 0 Å². The van der Waals surface area contributed by atoms with Crippen molar-refractivity contribution in [1.29, 1.82) is 0 Å². The summed E-state index contributed by atoms with van der Waals surface area (Å²) in [5.74, 6) is -1.22. The maximum Gasteiger partial charge on any atom is 0.339 e. The van der Waals surface area contributed by atoms with Crippen LogP contribution in [0.2, 0.25) is 0 Å². The Morgan fingerprint density at radius 3 is 2.41 bits per heavy atom. The fraction of sp³-hybridized carbons (Fsp3) is 0.412. The lowest BCUT2D eigenvalue weighted by atomic mass is 10.2. The number of rotatable bonds is 6. The van der Waals surface area contributed by atoms with Gasteiger partial charge in [-0.05, 0) is 32.8 Å². The van der Waals surface area contributed by atoms with Gasteiger partial charge in [0.1, 0.15) is 27.7 Å². The molecule has 0 unspecified atom stereocenters. The van der Waals surface area contributed by atoms with Gasteiger partial charge in [0.25, 0.3) is 5.91 Å². The Morgan fingerprint density at radius 2 is 1.81 bits per heavy atom. The molecule has 10 heteroatoms. The van der Waals surface area contributed by atoms with E-state index in [1.54, 1.807) is 0 Å². The summed E-state index contributed by atoms with van der Waals surface area (Å²) in [6.45, 7) is 3.87. The van der Waals surface area contributed by atoms with Gasteiger partial charge in [0, 0.05) is 19.2 Å². The number of carbonyl (C=O) groups is 2. The van der Waals surface area contributed by atoms with E-state index in [0.717, 1.165) is 12.8 Å². The van der Waals surface area contributed by atoms with Crippen LogP contribution in [0.4, 0.5) is 0 Å². The zero-order valence-corrected chi connectivity index (χ0v) is 15.8. The Labute approximate surface area is 156 Å². The molecule has 3 heterocycles. The average molecular weight is 396 g/mol. The monoisotopic (exact) mass is 396 g/mol. The first kappa shape index (κ1) is 19.2. The van der Waals surface area contributed by atoms with Crippen molar-refractivity contribution in [1.82, 2.24) is 9.62 Å². The molecule has 1 aliphatic rings. The summed E-state index contributed by atoms with van der Waals surface area (Å²) in [4.78, 5) is 23.3. The number of nitrogens with one attached hydrogen (secondary N) is 1. The van der Waals surface area contributed by atoms with Gasteiger partial charge < -0.3 is 19.3 Å². The van der Waals surface area contributed by atoms with Gasteiger partial charge in [-0.3, -0.25) is 4.79 Å². The topological polar surface area (TPSA) is 130 Å². The highest BCUT2D eigenvalue weighted by Crippen LogP contribution is 2.26. The molecule has 0 radical (unpaired) electrons. The molecule has 146 valence electrons. The van der Waals surface area contributed by atoms with Crippen LogP contribution in [0.3, 0.4) is 0 Å². The van der Waals surface area contributed by atoms with Crippen LogP contribution in [0.25, 0.3) is 0 Å². The van der Waals surface area contributed by atoms with Gasteiger partial charge in [-0.25, -0.2) is 13.2 Å². The third-order valence-electron chi connectivity index (χ3n) is 4.40. The highest BCUT2D eigenvalue weighted by atomic mass is 32.2. The van der Waals surface area contributed by atoms with Gasteiger partial charge in [-0.15, -0.1) is 0 Å². The molecule has 27 heavy (non-hydrogen) atoms. The summed E-state index contributed by atoms with van der Waals surface area (Å²) in [6, 6.07) is 2.54. The molecule has 0 bridgehead atoms. The van der Waals surface area contributed by atoms with Crippen LogP contribution >= 0.6 is 0 Å². The Bertz CT molecular complexity index is 981. The van der Waals surface area contributed by atoms with Crippen molar-refractivity contribution >= 4 is 21.9 Å². The number of carboxylic acid groups (broad SMARTS) is 1. The minimum atomic E-state index is -3.69. The summed E-state index contributed by atoms with van der Waals surface area (Å²) in [7, 11) is -3.69. The van der Waals surface area contributed by atoms with Crippen molar-refractivity contribution in [2.24, 2.45) is 0 Å². The van der Waals surface area contributed by atoms with Crippen LogP contribution in [0.15, 0.2) is 25.9 Å². The number of amides is 1. The molecule has 1 fully saturated rings. The van der Waals surface area contributed by atoms with Crippen LogP contribution in [0.1, 0.15) is 51.0 Å². The van der Waals surface area contributed by atoms with Crippen LogP contribution in [0, 0.1) is 13.8 Å². The minimum absolute atomic E-state index is 0.0171. The lowest BCUT2D eigenvalue weighted by molar-refractivity contribution is 0.0694. The second kappa shape index (κ2) is 7.20. The maximum atomic E-state index is 12.6. The molecule has 2 N–H and O–H groups in total. The smallest absolute Gasteiger partial charge is 0.339 e. The largest absolute Gasteiger partial charge is 0.478 e. The number of aromatic carboxylic acids is 1. The molecule has 3 rings (SSSR count). The van der Waals surface area contributed by atoms with Crippen LogP contribution in [0.5, 0.6) is 0 Å². The summed E-state index contributed by atoms with van der Waals surface area (Å²) < 4.78 is 37.3. The van der Waals surface area contributed by atoms with E-state index < -0.39 is 21.9 Å². The predicted octanol–water partition coefficient (Wildman–Crippen LogP) is 1.90. The van der Waals surface area contributed by atoms with Gasteiger partial charge in [-0.2, -0.15) is 4.31 Å². The molecule has 1 amide bonds. The number of carbonyl (C=O) groups excluding carboxylic acids is 1. The first-order valence-corrected chi connectivity index (χ1v) is 9.85. The van der Waals surface area contributed by atoms with E-state index in [2.05, 4.69) is 5.32 Å². The standard InChI is InChI=1S/C17H20N2O7S/c1-10-13(17(21)22)7-12(25-10)9-18-16(20)14-8-15(11(2)26-14)27(23,24)19-5-3-4-6-19/h7-8H,3-6,9H2,1-2H3,(H,18,20)(H,21,22). The molecular weight excluding hydrogens is 376 g/mol. The lowest BCUT2D eigenvalue weighted by Crippen LogP contribution is -2.28. The van der Waals surface area contributed by atoms with Crippen LogP contribution in [-0.4, -0.2) is 42.8 Å². The zero-order chi connectivity index (χ0) is 19.8. The molecular formula is C17H20N2O7S. The Hall–Kier alpha value is -2.59. The van der Waals surface area contributed by atoms with Gasteiger partial charge in [0.2, 0.25) is 10.0 Å². The highest BCUT2D eigenvalue weighted by Gasteiger charge is 2.31. The summed E-state index contributed by atoms with van der Waals surface area (Å²) in [5.41, 5.74) is 0.0204. The van der Waals surface area contributed by atoms with Gasteiger partial charge >= 0.3 is 5.97 Å². The molecule has 0 aliphatic carbocycles. The van der Waals surface area contributed by atoms with Crippen molar-refractivity contribution in [2.45, 2.75) is 38.1 Å². The zero-order valence-electron chi connectivity index (χ0n) is 14.9. The van der Waals surface area contributed by atoms with Crippen molar-refractivity contribution in [3.63, 3.8) is 0 Å². The van der Waals surface area contributed by atoms with Crippen molar-refractivity contribution in [3.05, 3.63) is 40.7 Å². The van der Waals surface area contributed by atoms with E-state index in [-0.39, 0.29) is 40.0 Å². The molecule has 0 aromatic carbocycles. The second-order valence-electron chi connectivity index (χ2n) is 6.31.